The standard InChI is InChI=1S/C11H20N2O4/c1-7(2)12-4-10(14)13(3)9-6-17-5-8(9)11(15)16/h7-9,12H,4-6H2,1-3H3,(H,15,16). The van der Waals surface area contributed by atoms with E-state index in [1.807, 2.05) is 13.8 Å². The van der Waals surface area contributed by atoms with Gasteiger partial charge in [-0.15, -0.1) is 0 Å². The topological polar surface area (TPSA) is 78.9 Å². The van der Waals surface area contributed by atoms with E-state index in [0.717, 1.165) is 0 Å². The highest BCUT2D eigenvalue weighted by Gasteiger charge is 2.38. The molecule has 1 aliphatic heterocycles. The molecule has 0 aromatic rings. The summed E-state index contributed by atoms with van der Waals surface area (Å²) in [6, 6.07) is -0.142. The number of ether oxygens (including phenoxy) is 1. The Morgan fingerprint density at radius 3 is 2.65 bits per heavy atom. The van der Waals surface area contributed by atoms with Gasteiger partial charge in [-0.05, 0) is 0 Å². The molecule has 1 fully saturated rings. The fourth-order valence-electron chi connectivity index (χ4n) is 1.76. The molecule has 2 unspecified atom stereocenters. The molecular weight excluding hydrogens is 224 g/mol. The summed E-state index contributed by atoms with van der Waals surface area (Å²) < 4.78 is 5.13. The number of nitrogens with zero attached hydrogens (tertiary/aromatic N) is 1. The van der Waals surface area contributed by atoms with E-state index in [2.05, 4.69) is 5.32 Å². The van der Waals surface area contributed by atoms with E-state index in [0.29, 0.717) is 6.61 Å². The smallest absolute Gasteiger partial charge is 0.311 e. The van der Waals surface area contributed by atoms with Crippen LogP contribution in [0.1, 0.15) is 13.8 Å². The van der Waals surface area contributed by atoms with Crippen LogP contribution in [0, 0.1) is 5.92 Å². The summed E-state index contributed by atoms with van der Waals surface area (Å²) in [4.78, 5) is 24.3. The Morgan fingerprint density at radius 1 is 1.47 bits per heavy atom. The first-order valence-corrected chi connectivity index (χ1v) is 5.73. The van der Waals surface area contributed by atoms with Crippen LogP contribution in [0.3, 0.4) is 0 Å². The first kappa shape index (κ1) is 13.9. The zero-order valence-corrected chi connectivity index (χ0v) is 10.5. The van der Waals surface area contributed by atoms with Crippen molar-refractivity contribution in [2.24, 2.45) is 5.92 Å². The molecule has 0 aromatic heterocycles. The monoisotopic (exact) mass is 244 g/mol. The zero-order chi connectivity index (χ0) is 13.0. The maximum Gasteiger partial charge on any atom is 0.311 e. The van der Waals surface area contributed by atoms with Crippen LogP contribution in [0.15, 0.2) is 0 Å². The quantitative estimate of drug-likeness (QED) is 0.684. The second kappa shape index (κ2) is 5.97. The molecule has 1 aliphatic rings. The number of carboxylic acids is 1. The van der Waals surface area contributed by atoms with Crippen LogP contribution in [-0.2, 0) is 14.3 Å². The third kappa shape index (κ3) is 3.67. The van der Waals surface area contributed by atoms with Gasteiger partial charge in [0.1, 0.15) is 5.92 Å². The molecule has 98 valence electrons. The number of likely N-dealkylation sites (N-methyl/N-ethyl adjacent to an activating group) is 1. The maximum atomic E-state index is 11.8. The molecule has 0 aliphatic carbocycles. The Labute approximate surface area is 101 Å². The van der Waals surface area contributed by atoms with Crippen LogP contribution in [0.5, 0.6) is 0 Å². The Bertz CT molecular complexity index is 293. The van der Waals surface area contributed by atoms with E-state index in [1.165, 1.54) is 4.90 Å². The van der Waals surface area contributed by atoms with Gasteiger partial charge in [0, 0.05) is 13.1 Å². The highest BCUT2D eigenvalue weighted by atomic mass is 16.5. The molecule has 0 spiro atoms. The van der Waals surface area contributed by atoms with Gasteiger partial charge in [-0.25, -0.2) is 0 Å². The Kier molecular flexibility index (Phi) is 4.89. The molecule has 2 atom stereocenters. The van der Waals surface area contributed by atoms with E-state index in [1.54, 1.807) is 7.05 Å². The highest BCUT2D eigenvalue weighted by molar-refractivity contribution is 5.80. The summed E-state index contributed by atoms with van der Waals surface area (Å²) in [7, 11) is 1.62. The second-order valence-electron chi connectivity index (χ2n) is 4.59. The van der Waals surface area contributed by atoms with Crippen LogP contribution >= 0.6 is 0 Å². The zero-order valence-electron chi connectivity index (χ0n) is 10.5. The number of hydrogen-bond donors (Lipinski definition) is 2. The number of aliphatic carboxylic acids is 1. The lowest BCUT2D eigenvalue weighted by atomic mass is 10.0. The minimum atomic E-state index is -0.913. The van der Waals surface area contributed by atoms with Crippen molar-refractivity contribution in [2.75, 3.05) is 26.8 Å². The van der Waals surface area contributed by atoms with Gasteiger partial charge in [0.15, 0.2) is 0 Å². The number of rotatable bonds is 5. The minimum absolute atomic E-state index is 0.111. The van der Waals surface area contributed by atoms with Crippen molar-refractivity contribution >= 4 is 11.9 Å². The number of hydrogen-bond acceptors (Lipinski definition) is 4. The van der Waals surface area contributed by atoms with Crippen LogP contribution in [0.4, 0.5) is 0 Å². The van der Waals surface area contributed by atoms with Crippen molar-refractivity contribution in [2.45, 2.75) is 25.9 Å². The van der Waals surface area contributed by atoms with Gasteiger partial charge in [-0.1, -0.05) is 13.8 Å². The van der Waals surface area contributed by atoms with Gasteiger partial charge >= 0.3 is 5.97 Å². The molecule has 2 N–H and O–H groups in total. The van der Waals surface area contributed by atoms with Crippen LogP contribution in [-0.4, -0.2) is 60.8 Å². The summed E-state index contributed by atoms with van der Waals surface area (Å²) in [6.45, 7) is 4.59. The molecule has 0 saturated carbocycles. The molecule has 0 bridgehead atoms. The molecular formula is C11H20N2O4. The summed E-state index contributed by atoms with van der Waals surface area (Å²) in [5, 5.41) is 12.0. The van der Waals surface area contributed by atoms with Crippen molar-refractivity contribution in [3.05, 3.63) is 0 Å². The molecule has 0 radical (unpaired) electrons. The lowest BCUT2D eigenvalue weighted by Gasteiger charge is -2.26. The van der Waals surface area contributed by atoms with Crippen molar-refractivity contribution < 1.29 is 19.4 Å². The van der Waals surface area contributed by atoms with Crippen molar-refractivity contribution in [1.29, 1.82) is 0 Å². The number of carbonyl (C=O) groups is 2. The van der Waals surface area contributed by atoms with E-state index in [-0.39, 0.29) is 31.1 Å². The van der Waals surface area contributed by atoms with Crippen molar-refractivity contribution in [3.8, 4) is 0 Å². The summed E-state index contributed by atoms with van der Waals surface area (Å²) in [6.07, 6.45) is 0. The first-order chi connectivity index (χ1) is 7.93. The van der Waals surface area contributed by atoms with Crippen molar-refractivity contribution in [3.63, 3.8) is 0 Å². The summed E-state index contributed by atoms with van der Waals surface area (Å²) in [5.41, 5.74) is 0. The predicted octanol–water partition coefficient (Wildman–Crippen LogP) is -0.458. The number of carbonyl (C=O) groups excluding carboxylic acids is 1. The summed E-state index contributed by atoms with van der Waals surface area (Å²) in [5.74, 6) is -1.65. The number of amides is 1. The predicted molar refractivity (Wildman–Crippen MR) is 61.6 cm³/mol. The molecule has 17 heavy (non-hydrogen) atoms. The molecule has 1 rings (SSSR count). The third-order valence-electron chi connectivity index (χ3n) is 2.92. The van der Waals surface area contributed by atoms with Gasteiger partial charge in [0.2, 0.25) is 5.91 Å². The van der Waals surface area contributed by atoms with Gasteiger partial charge in [0.25, 0.3) is 0 Å². The lowest BCUT2D eigenvalue weighted by Crippen LogP contribution is -2.47. The molecule has 6 nitrogen and oxygen atoms in total. The van der Waals surface area contributed by atoms with Crippen molar-refractivity contribution in [1.82, 2.24) is 10.2 Å². The Hall–Kier alpha value is -1.14. The minimum Gasteiger partial charge on any atom is -0.481 e. The van der Waals surface area contributed by atoms with Gasteiger partial charge in [-0.3, -0.25) is 9.59 Å². The first-order valence-electron chi connectivity index (χ1n) is 5.73. The Morgan fingerprint density at radius 2 is 2.12 bits per heavy atom. The van der Waals surface area contributed by atoms with Crippen LogP contribution < -0.4 is 5.32 Å². The average molecular weight is 244 g/mol. The van der Waals surface area contributed by atoms with Gasteiger partial charge in [-0.2, -0.15) is 0 Å². The summed E-state index contributed by atoms with van der Waals surface area (Å²) >= 11 is 0. The van der Waals surface area contributed by atoms with Gasteiger partial charge < -0.3 is 20.1 Å². The largest absolute Gasteiger partial charge is 0.481 e. The third-order valence-corrected chi connectivity index (χ3v) is 2.92. The maximum absolute atomic E-state index is 11.8. The average Bonchev–Trinajstić information content (AvgIpc) is 2.73. The van der Waals surface area contributed by atoms with Gasteiger partial charge in [0.05, 0.1) is 25.8 Å². The van der Waals surface area contributed by atoms with Crippen LogP contribution in [0.2, 0.25) is 0 Å². The van der Waals surface area contributed by atoms with E-state index < -0.39 is 11.9 Å². The Balaban J connectivity index is 2.53. The second-order valence-corrected chi connectivity index (χ2v) is 4.59. The van der Waals surface area contributed by atoms with Crippen LogP contribution in [0.25, 0.3) is 0 Å². The molecule has 1 saturated heterocycles. The fraction of sp³-hybridized carbons (Fsp3) is 0.818. The van der Waals surface area contributed by atoms with E-state index >= 15 is 0 Å². The van der Waals surface area contributed by atoms with E-state index in [4.69, 9.17) is 9.84 Å². The fourth-order valence-corrected chi connectivity index (χ4v) is 1.76. The normalized spacial score (nSPS) is 24.0. The SMILES string of the molecule is CC(C)NCC(=O)N(C)C1COCC1C(=O)O. The lowest BCUT2D eigenvalue weighted by molar-refractivity contribution is -0.144. The van der Waals surface area contributed by atoms with E-state index in [9.17, 15) is 9.59 Å². The highest BCUT2D eigenvalue weighted by Crippen LogP contribution is 2.18. The molecule has 1 amide bonds. The number of nitrogens with one attached hydrogen (secondary N) is 1. The molecule has 0 aromatic carbocycles. The molecule has 1 heterocycles. The number of carboxylic acid groups (broad SMARTS) is 1. The molecule has 6 heteroatoms.